The molecular formula is C25H27N5O2S2. The van der Waals surface area contributed by atoms with Gasteiger partial charge in [-0.2, -0.15) is 0 Å². The first-order chi connectivity index (χ1) is 16.6. The molecule has 4 aromatic rings. The van der Waals surface area contributed by atoms with Crippen LogP contribution in [-0.2, 0) is 22.5 Å². The Labute approximate surface area is 207 Å². The summed E-state index contributed by atoms with van der Waals surface area (Å²) in [4.78, 5) is 17.3. The molecular weight excluding hydrogens is 466 g/mol. The van der Waals surface area contributed by atoms with Gasteiger partial charge in [0.1, 0.15) is 10.8 Å². The predicted octanol–water partition coefficient (Wildman–Crippen LogP) is 5.34. The Hall–Kier alpha value is -2.75. The molecule has 1 N–H and O–H groups in total. The minimum atomic E-state index is -0.0714. The molecule has 0 bridgehead atoms. The third-order valence-corrected chi connectivity index (χ3v) is 7.85. The van der Waals surface area contributed by atoms with Crippen LogP contribution >= 0.6 is 23.1 Å². The average molecular weight is 494 g/mol. The molecule has 1 saturated heterocycles. The highest BCUT2D eigenvalue weighted by atomic mass is 32.2. The van der Waals surface area contributed by atoms with Gasteiger partial charge in [0.25, 0.3) is 0 Å². The van der Waals surface area contributed by atoms with Crippen molar-refractivity contribution >= 4 is 44.9 Å². The van der Waals surface area contributed by atoms with Crippen molar-refractivity contribution in [1.82, 2.24) is 19.7 Å². The monoisotopic (exact) mass is 493 g/mol. The predicted molar refractivity (Wildman–Crippen MR) is 138 cm³/mol. The average Bonchev–Trinajstić information content (AvgIpc) is 3.58. The topological polar surface area (TPSA) is 81.9 Å². The van der Waals surface area contributed by atoms with Crippen molar-refractivity contribution in [3.05, 3.63) is 53.9 Å². The number of hydrogen-bond donors (Lipinski definition) is 1. The first-order valence-corrected chi connectivity index (χ1v) is 13.3. The van der Waals surface area contributed by atoms with E-state index in [1.54, 1.807) is 11.3 Å². The fourth-order valence-electron chi connectivity index (χ4n) is 4.04. The lowest BCUT2D eigenvalue weighted by molar-refractivity contribution is -0.113. The number of fused-ring (bicyclic) bond motifs is 1. The molecule has 1 amide bonds. The third kappa shape index (κ3) is 5.16. The highest BCUT2D eigenvalue weighted by Crippen LogP contribution is 2.31. The number of benzene rings is 2. The number of rotatable bonds is 8. The van der Waals surface area contributed by atoms with Crippen LogP contribution in [0, 0.1) is 6.92 Å². The number of nitrogens with one attached hydrogen (secondary N) is 1. The quantitative estimate of drug-likeness (QED) is 0.334. The summed E-state index contributed by atoms with van der Waals surface area (Å²) >= 11 is 3.09. The molecule has 176 valence electrons. The molecule has 0 spiro atoms. The number of carbonyl (C=O) groups excluding carboxylic acids is 1. The molecule has 2 aromatic carbocycles. The SMILES string of the molecule is CCc1nnc(SCC(=O)Nc2ccc(-c3nc4ccc(C)cc4s3)cc2)n1CC1CCCO1. The highest BCUT2D eigenvalue weighted by molar-refractivity contribution is 7.99. The Balaban J connectivity index is 1.20. The maximum Gasteiger partial charge on any atom is 0.234 e. The largest absolute Gasteiger partial charge is 0.376 e. The molecule has 34 heavy (non-hydrogen) atoms. The summed E-state index contributed by atoms with van der Waals surface area (Å²) in [5.41, 5.74) is 4.05. The molecule has 1 fully saturated rings. The van der Waals surface area contributed by atoms with E-state index < -0.39 is 0 Å². The molecule has 1 aliphatic heterocycles. The van der Waals surface area contributed by atoms with E-state index >= 15 is 0 Å². The highest BCUT2D eigenvalue weighted by Gasteiger charge is 2.21. The number of carbonyl (C=O) groups is 1. The van der Waals surface area contributed by atoms with Crippen molar-refractivity contribution in [3.8, 4) is 10.6 Å². The second-order valence-electron chi connectivity index (χ2n) is 8.40. The fraction of sp³-hybridized carbons (Fsp3) is 0.360. The molecule has 1 unspecified atom stereocenters. The molecule has 5 rings (SSSR count). The number of thioether (sulfide) groups is 1. The second-order valence-corrected chi connectivity index (χ2v) is 10.4. The number of anilines is 1. The van der Waals surface area contributed by atoms with Gasteiger partial charge in [-0.25, -0.2) is 4.98 Å². The summed E-state index contributed by atoms with van der Waals surface area (Å²) in [7, 11) is 0. The minimum Gasteiger partial charge on any atom is -0.376 e. The van der Waals surface area contributed by atoms with Crippen molar-refractivity contribution in [2.75, 3.05) is 17.7 Å². The first-order valence-electron chi connectivity index (χ1n) is 11.5. The first kappa shape index (κ1) is 23.0. The lowest BCUT2D eigenvalue weighted by Gasteiger charge is -2.14. The van der Waals surface area contributed by atoms with E-state index in [0.29, 0.717) is 0 Å². The Bertz CT molecular complexity index is 1290. The van der Waals surface area contributed by atoms with Gasteiger partial charge in [0.05, 0.1) is 28.6 Å². The van der Waals surface area contributed by atoms with Crippen LogP contribution in [-0.4, -0.2) is 44.1 Å². The maximum atomic E-state index is 12.6. The smallest absolute Gasteiger partial charge is 0.234 e. The van der Waals surface area contributed by atoms with E-state index in [1.165, 1.54) is 22.0 Å². The van der Waals surface area contributed by atoms with Crippen LogP contribution in [0.15, 0.2) is 47.6 Å². The number of aromatic nitrogens is 4. The van der Waals surface area contributed by atoms with Crippen LogP contribution in [0.5, 0.6) is 0 Å². The standard InChI is InChI=1S/C25H27N5O2S2/c1-3-22-28-29-25(30(22)14-19-5-4-12-32-19)33-15-23(31)26-18-9-7-17(8-10-18)24-27-20-11-6-16(2)13-21(20)34-24/h6-11,13,19H,3-5,12,14-15H2,1-2H3,(H,26,31). The lowest BCUT2D eigenvalue weighted by Crippen LogP contribution is -2.19. The summed E-state index contributed by atoms with van der Waals surface area (Å²) < 4.78 is 9.06. The third-order valence-electron chi connectivity index (χ3n) is 5.81. The Morgan fingerprint density at radius 3 is 2.85 bits per heavy atom. The molecule has 1 aliphatic rings. The van der Waals surface area contributed by atoms with Gasteiger partial charge in [-0.3, -0.25) is 4.79 Å². The number of hydrogen-bond acceptors (Lipinski definition) is 7. The van der Waals surface area contributed by atoms with Crippen molar-refractivity contribution in [3.63, 3.8) is 0 Å². The molecule has 2 aromatic heterocycles. The van der Waals surface area contributed by atoms with Crippen LogP contribution in [0.1, 0.15) is 31.2 Å². The van der Waals surface area contributed by atoms with E-state index in [4.69, 9.17) is 9.72 Å². The van der Waals surface area contributed by atoms with Gasteiger partial charge in [-0.15, -0.1) is 21.5 Å². The summed E-state index contributed by atoms with van der Waals surface area (Å²) in [5.74, 6) is 1.13. The molecule has 0 saturated carbocycles. The van der Waals surface area contributed by atoms with E-state index in [2.05, 4.69) is 52.1 Å². The van der Waals surface area contributed by atoms with Crippen molar-refractivity contribution in [2.45, 2.75) is 50.9 Å². The summed E-state index contributed by atoms with van der Waals surface area (Å²) in [6.07, 6.45) is 3.15. The van der Waals surface area contributed by atoms with Gasteiger partial charge in [0.15, 0.2) is 5.16 Å². The Morgan fingerprint density at radius 2 is 2.09 bits per heavy atom. The van der Waals surface area contributed by atoms with E-state index in [0.717, 1.165) is 65.2 Å². The van der Waals surface area contributed by atoms with E-state index in [-0.39, 0.29) is 17.8 Å². The Morgan fingerprint density at radius 1 is 1.24 bits per heavy atom. The zero-order valence-electron chi connectivity index (χ0n) is 19.3. The van der Waals surface area contributed by atoms with Crippen molar-refractivity contribution in [2.24, 2.45) is 0 Å². The van der Waals surface area contributed by atoms with Gasteiger partial charge in [0, 0.05) is 24.3 Å². The zero-order valence-corrected chi connectivity index (χ0v) is 20.9. The fourth-order valence-corrected chi connectivity index (χ4v) is 5.88. The summed E-state index contributed by atoms with van der Waals surface area (Å²) in [6, 6.07) is 14.1. The van der Waals surface area contributed by atoms with Crippen molar-refractivity contribution in [1.29, 1.82) is 0 Å². The van der Waals surface area contributed by atoms with E-state index in [1.807, 2.05) is 24.3 Å². The number of amides is 1. The summed E-state index contributed by atoms with van der Waals surface area (Å²) in [6.45, 7) is 5.71. The van der Waals surface area contributed by atoms with Crippen molar-refractivity contribution < 1.29 is 9.53 Å². The van der Waals surface area contributed by atoms with Crippen LogP contribution in [0.3, 0.4) is 0 Å². The molecule has 1 atom stereocenters. The van der Waals surface area contributed by atoms with Gasteiger partial charge < -0.3 is 14.6 Å². The maximum absolute atomic E-state index is 12.6. The summed E-state index contributed by atoms with van der Waals surface area (Å²) in [5, 5.41) is 13.3. The van der Waals surface area contributed by atoms with Crippen LogP contribution in [0.25, 0.3) is 20.8 Å². The molecule has 0 aliphatic carbocycles. The molecule has 7 nitrogen and oxygen atoms in total. The van der Waals surface area contributed by atoms with Gasteiger partial charge in [-0.05, 0) is 61.7 Å². The number of thiazole rings is 1. The zero-order chi connectivity index (χ0) is 23.5. The van der Waals surface area contributed by atoms with Gasteiger partial charge in [0.2, 0.25) is 5.91 Å². The Kier molecular flexibility index (Phi) is 6.94. The lowest BCUT2D eigenvalue weighted by atomic mass is 10.2. The normalized spacial score (nSPS) is 15.8. The van der Waals surface area contributed by atoms with Crippen LogP contribution < -0.4 is 5.32 Å². The van der Waals surface area contributed by atoms with Gasteiger partial charge >= 0.3 is 0 Å². The molecule has 9 heteroatoms. The minimum absolute atomic E-state index is 0.0714. The second kappa shape index (κ2) is 10.2. The molecule has 3 heterocycles. The van der Waals surface area contributed by atoms with E-state index in [9.17, 15) is 4.79 Å². The van der Waals surface area contributed by atoms with Crippen LogP contribution in [0.4, 0.5) is 5.69 Å². The number of nitrogens with zero attached hydrogens (tertiary/aromatic N) is 4. The van der Waals surface area contributed by atoms with Crippen LogP contribution in [0.2, 0.25) is 0 Å². The number of aryl methyl sites for hydroxylation is 2. The van der Waals surface area contributed by atoms with Gasteiger partial charge in [-0.1, -0.05) is 24.8 Å². The number of ether oxygens (including phenoxy) is 1. The molecule has 0 radical (unpaired) electrons.